The molecule has 164 valence electrons. The van der Waals surface area contributed by atoms with Gasteiger partial charge in [0.1, 0.15) is 5.82 Å². The van der Waals surface area contributed by atoms with Crippen LogP contribution in [0.4, 0.5) is 17.1 Å². The number of amides is 2. The minimum Gasteiger partial charge on any atom is -0.355 e. The van der Waals surface area contributed by atoms with E-state index in [-0.39, 0.29) is 28.9 Å². The van der Waals surface area contributed by atoms with Crippen molar-refractivity contribution in [1.82, 2.24) is 30.3 Å². The molecule has 32 heavy (non-hydrogen) atoms. The number of fused-ring (bicyclic) bond motifs is 3. The summed E-state index contributed by atoms with van der Waals surface area (Å²) in [7, 11) is 1.85. The molecule has 0 spiro atoms. The Morgan fingerprint density at radius 2 is 2.00 bits per heavy atom. The SMILES string of the molecule is [2H]C([2H])([2H])NC(=O)c1nncc(NC(=O)C2CC2)c1NC1c2nc(C)nn2-c2ccccc2N1C. The van der Waals surface area contributed by atoms with Crippen LogP contribution < -0.4 is 20.9 Å². The molecule has 11 nitrogen and oxygen atoms in total. The summed E-state index contributed by atoms with van der Waals surface area (Å²) in [5.74, 6) is -0.177. The van der Waals surface area contributed by atoms with Gasteiger partial charge in [0.05, 0.1) is 28.9 Å². The summed E-state index contributed by atoms with van der Waals surface area (Å²) in [5, 5.41) is 20.2. The van der Waals surface area contributed by atoms with E-state index in [2.05, 4.69) is 30.9 Å². The van der Waals surface area contributed by atoms with Crippen molar-refractivity contribution in [2.75, 3.05) is 29.6 Å². The monoisotopic (exact) mass is 436 g/mol. The average Bonchev–Trinajstić information content (AvgIpc) is 3.57. The van der Waals surface area contributed by atoms with E-state index in [9.17, 15) is 9.59 Å². The van der Waals surface area contributed by atoms with Gasteiger partial charge in [-0.15, -0.1) is 5.10 Å². The molecule has 1 aliphatic heterocycles. The molecule has 1 unspecified atom stereocenters. The summed E-state index contributed by atoms with van der Waals surface area (Å²) < 4.78 is 23.9. The van der Waals surface area contributed by atoms with Crippen LogP contribution in [0.5, 0.6) is 0 Å². The Balaban J connectivity index is 1.59. The first kappa shape index (κ1) is 16.6. The quantitative estimate of drug-likeness (QED) is 0.550. The minimum absolute atomic E-state index is 0.106. The number of hydrogen-bond acceptors (Lipinski definition) is 8. The van der Waals surface area contributed by atoms with E-state index in [0.29, 0.717) is 11.6 Å². The number of carbonyl (C=O) groups is 2. The van der Waals surface area contributed by atoms with E-state index >= 15 is 0 Å². The summed E-state index contributed by atoms with van der Waals surface area (Å²) in [6.07, 6.45) is 2.25. The third kappa shape index (κ3) is 3.31. The molecule has 0 bridgehead atoms. The standard InChI is InChI=1S/C21H23N9O2/c1-11-24-19-18(29(3)14-6-4-5-7-15(14)30(19)28-11)26-16-13(25-20(31)12-8-9-12)10-23-27-17(16)21(32)22-2/h4-7,10,12,18H,8-9H2,1-3H3,(H,22,32)(H,23,26)(H,25,27,31)/i2D3. The van der Waals surface area contributed by atoms with Crippen molar-refractivity contribution >= 4 is 28.9 Å². The van der Waals surface area contributed by atoms with E-state index in [0.717, 1.165) is 24.2 Å². The predicted octanol–water partition coefficient (Wildman–Crippen LogP) is 1.63. The Hall–Kier alpha value is -4.02. The van der Waals surface area contributed by atoms with Crippen molar-refractivity contribution in [3.05, 3.63) is 47.8 Å². The summed E-state index contributed by atoms with van der Waals surface area (Å²) in [4.78, 5) is 31.9. The molecule has 2 aliphatic rings. The molecule has 3 aromatic rings. The fraction of sp³-hybridized carbons (Fsp3) is 0.333. The number of nitrogens with zero attached hydrogens (tertiary/aromatic N) is 6. The van der Waals surface area contributed by atoms with E-state index in [1.165, 1.54) is 6.20 Å². The average molecular weight is 436 g/mol. The fourth-order valence-corrected chi connectivity index (χ4v) is 3.76. The number of rotatable bonds is 5. The number of aryl methyl sites for hydroxylation is 1. The normalized spacial score (nSPS) is 18.5. The zero-order valence-electron chi connectivity index (χ0n) is 20.5. The number of aromatic nitrogens is 5. The maximum atomic E-state index is 12.9. The molecule has 3 heterocycles. The third-order valence-corrected chi connectivity index (χ3v) is 5.53. The summed E-state index contributed by atoms with van der Waals surface area (Å²) in [6, 6.07) is 7.64. The van der Waals surface area contributed by atoms with Crippen molar-refractivity contribution in [1.29, 1.82) is 0 Å². The van der Waals surface area contributed by atoms with Crippen molar-refractivity contribution in [2.24, 2.45) is 5.92 Å². The van der Waals surface area contributed by atoms with Gasteiger partial charge in [0.2, 0.25) is 5.91 Å². The van der Waals surface area contributed by atoms with Gasteiger partial charge in [-0.1, -0.05) is 12.1 Å². The molecule has 1 aliphatic carbocycles. The lowest BCUT2D eigenvalue weighted by Gasteiger charge is -2.36. The second kappa shape index (κ2) is 7.59. The second-order valence-electron chi connectivity index (χ2n) is 7.78. The van der Waals surface area contributed by atoms with Crippen LogP contribution >= 0.6 is 0 Å². The Kier molecular flexibility index (Phi) is 3.95. The number of nitrogens with one attached hydrogen (secondary N) is 3. The topological polar surface area (TPSA) is 130 Å². The minimum atomic E-state index is -2.73. The van der Waals surface area contributed by atoms with Crippen LogP contribution in [0.25, 0.3) is 5.69 Å². The van der Waals surface area contributed by atoms with Gasteiger partial charge in [-0.25, -0.2) is 9.67 Å². The zero-order chi connectivity index (χ0) is 24.9. The van der Waals surface area contributed by atoms with Crippen LogP contribution in [0.3, 0.4) is 0 Å². The molecule has 11 heteroatoms. The highest BCUT2D eigenvalue weighted by atomic mass is 16.2. The highest BCUT2D eigenvalue weighted by Crippen LogP contribution is 2.39. The van der Waals surface area contributed by atoms with E-state index in [1.807, 2.05) is 41.5 Å². The molecule has 5 rings (SSSR count). The molecule has 3 N–H and O–H groups in total. The van der Waals surface area contributed by atoms with E-state index in [4.69, 9.17) is 4.11 Å². The highest BCUT2D eigenvalue weighted by Gasteiger charge is 2.35. The van der Waals surface area contributed by atoms with Crippen molar-refractivity contribution in [3.63, 3.8) is 0 Å². The van der Waals surface area contributed by atoms with Crippen LogP contribution in [-0.4, -0.2) is 50.8 Å². The molecular weight excluding hydrogens is 410 g/mol. The maximum Gasteiger partial charge on any atom is 0.273 e. The fourth-order valence-electron chi connectivity index (χ4n) is 3.76. The Bertz CT molecular complexity index is 1320. The first-order valence-corrected chi connectivity index (χ1v) is 10.1. The lowest BCUT2D eigenvalue weighted by molar-refractivity contribution is -0.117. The Morgan fingerprint density at radius 3 is 2.75 bits per heavy atom. The van der Waals surface area contributed by atoms with Gasteiger partial charge in [-0.05, 0) is 31.9 Å². The lowest BCUT2D eigenvalue weighted by atomic mass is 10.1. The molecule has 1 atom stereocenters. The summed E-state index contributed by atoms with van der Waals surface area (Å²) >= 11 is 0. The molecule has 1 saturated carbocycles. The summed E-state index contributed by atoms with van der Waals surface area (Å²) in [6.45, 7) is -0.962. The van der Waals surface area contributed by atoms with Crippen LogP contribution in [0.15, 0.2) is 30.5 Å². The number of para-hydroxylation sites is 2. The smallest absolute Gasteiger partial charge is 0.273 e. The van der Waals surface area contributed by atoms with E-state index in [1.54, 1.807) is 11.6 Å². The first-order valence-electron chi connectivity index (χ1n) is 11.6. The predicted molar refractivity (Wildman–Crippen MR) is 118 cm³/mol. The molecule has 2 aromatic heterocycles. The number of carbonyl (C=O) groups excluding carboxylic acids is 2. The van der Waals surface area contributed by atoms with Gasteiger partial charge in [0.15, 0.2) is 17.7 Å². The van der Waals surface area contributed by atoms with E-state index < -0.39 is 19.0 Å². The molecule has 2 amide bonds. The number of benzene rings is 1. The van der Waals surface area contributed by atoms with Crippen LogP contribution in [0, 0.1) is 12.8 Å². The van der Waals surface area contributed by atoms with Crippen molar-refractivity contribution < 1.29 is 13.7 Å². The maximum absolute atomic E-state index is 12.9. The Labute approximate surface area is 188 Å². The van der Waals surface area contributed by atoms with Gasteiger partial charge in [0, 0.05) is 24.1 Å². The van der Waals surface area contributed by atoms with Gasteiger partial charge >= 0.3 is 0 Å². The lowest BCUT2D eigenvalue weighted by Crippen LogP contribution is -2.38. The molecular formula is C21H23N9O2. The van der Waals surface area contributed by atoms with Gasteiger partial charge in [0.25, 0.3) is 5.91 Å². The van der Waals surface area contributed by atoms with Crippen LogP contribution in [-0.2, 0) is 4.79 Å². The molecule has 0 saturated heterocycles. The summed E-state index contributed by atoms with van der Waals surface area (Å²) in [5.41, 5.74) is 1.74. The largest absolute Gasteiger partial charge is 0.355 e. The van der Waals surface area contributed by atoms with Gasteiger partial charge in [-0.3, -0.25) is 9.59 Å². The van der Waals surface area contributed by atoms with Gasteiger partial charge in [-0.2, -0.15) is 10.2 Å². The molecule has 0 radical (unpaired) electrons. The highest BCUT2D eigenvalue weighted by molar-refractivity contribution is 6.04. The Morgan fingerprint density at radius 1 is 1.22 bits per heavy atom. The molecule has 1 fully saturated rings. The second-order valence-corrected chi connectivity index (χ2v) is 7.78. The number of hydrogen-bond donors (Lipinski definition) is 3. The van der Waals surface area contributed by atoms with Crippen molar-refractivity contribution in [2.45, 2.75) is 25.9 Å². The van der Waals surface area contributed by atoms with Crippen LogP contribution in [0.2, 0.25) is 0 Å². The third-order valence-electron chi connectivity index (χ3n) is 5.53. The zero-order valence-corrected chi connectivity index (χ0v) is 17.5. The van der Waals surface area contributed by atoms with Crippen LogP contribution in [0.1, 0.15) is 45.3 Å². The molecule has 1 aromatic carbocycles. The van der Waals surface area contributed by atoms with Gasteiger partial charge < -0.3 is 20.9 Å². The van der Waals surface area contributed by atoms with Crippen molar-refractivity contribution in [3.8, 4) is 5.69 Å². The first-order chi connectivity index (χ1) is 16.6. The number of anilines is 3.